The van der Waals surface area contributed by atoms with Crippen LogP contribution in [0.1, 0.15) is 48.8 Å². The summed E-state index contributed by atoms with van der Waals surface area (Å²) < 4.78 is 0. The molecule has 4 rings (SSSR count). The molecule has 0 radical (unpaired) electrons. The van der Waals surface area contributed by atoms with Crippen molar-refractivity contribution in [3.63, 3.8) is 0 Å². The maximum Gasteiger partial charge on any atom is 0.256 e. The van der Waals surface area contributed by atoms with Crippen molar-refractivity contribution in [3.05, 3.63) is 57.7 Å². The average molecular weight is 291 g/mol. The van der Waals surface area contributed by atoms with Gasteiger partial charge in [-0.1, -0.05) is 17.7 Å². The molecule has 2 aliphatic carbocycles. The molecule has 0 saturated carbocycles. The van der Waals surface area contributed by atoms with Crippen molar-refractivity contribution in [1.29, 1.82) is 0 Å². The molecule has 0 atom stereocenters. The van der Waals surface area contributed by atoms with Crippen LogP contribution in [0.3, 0.4) is 0 Å². The van der Waals surface area contributed by atoms with E-state index in [1.807, 2.05) is 0 Å². The van der Waals surface area contributed by atoms with E-state index in [4.69, 9.17) is 0 Å². The van der Waals surface area contributed by atoms with E-state index in [9.17, 15) is 4.79 Å². The lowest BCUT2D eigenvalue weighted by Crippen LogP contribution is -2.04. The third-order valence-electron chi connectivity index (χ3n) is 4.98. The SMILES string of the molecule is Cc1cc(C)c2c(c1)NC(=O)C2=CC1=CC2=C(CCCC2)C1. The molecule has 0 unspecified atom stereocenters. The fourth-order valence-corrected chi connectivity index (χ4v) is 4.03. The van der Waals surface area contributed by atoms with Crippen LogP contribution in [0.4, 0.5) is 5.69 Å². The summed E-state index contributed by atoms with van der Waals surface area (Å²) in [5, 5.41) is 3.02. The Labute approximate surface area is 131 Å². The normalized spacial score (nSPS) is 21.8. The van der Waals surface area contributed by atoms with Gasteiger partial charge in [0, 0.05) is 16.8 Å². The Morgan fingerprint density at radius 3 is 2.77 bits per heavy atom. The Balaban J connectivity index is 1.72. The summed E-state index contributed by atoms with van der Waals surface area (Å²) in [6, 6.07) is 4.21. The van der Waals surface area contributed by atoms with Crippen molar-refractivity contribution in [3.8, 4) is 0 Å². The van der Waals surface area contributed by atoms with E-state index in [0.717, 1.165) is 23.2 Å². The predicted octanol–water partition coefficient (Wildman–Crippen LogP) is 4.84. The van der Waals surface area contributed by atoms with Gasteiger partial charge in [-0.15, -0.1) is 0 Å². The molecule has 1 aromatic carbocycles. The molecule has 112 valence electrons. The lowest BCUT2D eigenvalue weighted by atomic mass is 9.93. The zero-order valence-electron chi connectivity index (χ0n) is 13.3. The first-order valence-corrected chi connectivity index (χ1v) is 8.18. The summed E-state index contributed by atoms with van der Waals surface area (Å²) in [5.41, 5.74) is 9.66. The number of benzene rings is 1. The molecule has 1 amide bonds. The molecule has 2 heteroatoms. The monoisotopic (exact) mass is 291 g/mol. The van der Waals surface area contributed by atoms with Gasteiger partial charge < -0.3 is 5.32 Å². The Hall–Kier alpha value is -2.09. The van der Waals surface area contributed by atoms with Gasteiger partial charge in [-0.25, -0.2) is 0 Å². The number of aryl methyl sites for hydroxylation is 2. The van der Waals surface area contributed by atoms with Crippen molar-refractivity contribution < 1.29 is 4.79 Å². The smallest absolute Gasteiger partial charge is 0.256 e. The molecule has 0 spiro atoms. The van der Waals surface area contributed by atoms with E-state index in [0.29, 0.717) is 0 Å². The number of allylic oxidation sites excluding steroid dienone is 5. The van der Waals surface area contributed by atoms with Gasteiger partial charge in [0.2, 0.25) is 0 Å². The Bertz CT molecular complexity index is 777. The van der Waals surface area contributed by atoms with Crippen molar-refractivity contribution in [1.82, 2.24) is 0 Å². The Kier molecular flexibility index (Phi) is 3.07. The fraction of sp³-hybridized carbons (Fsp3) is 0.350. The summed E-state index contributed by atoms with van der Waals surface area (Å²) >= 11 is 0. The van der Waals surface area contributed by atoms with E-state index in [1.54, 1.807) is 5.57 Å². The van der Waals surface area contributed by atoms with Gasteiger partial charge in [-0.3, -0.25) is 4.79 Å². The van der Waals surface area contributed by atoms with E-state index in [2.05, 4.69) is 43.4 Å². The topological polar surface area (TPSA) is 29.1 Å². The molecule has 0 fully saturated rings. The van der Waals surface area contributed by atoms with Crippen molar-refractivity contribution in [2.45, 2.75) is 46.0 Å². The van der Waals surface area contributed by atoms with Crippen LogP contribution >= 0.6 is 0 Å². The van der Waals surface area contributed by atoms with Gasteiger partial charge in [0.15, 0.2) is 0 Å². The molecule has 2 nitrogen and oxygen atoms in total. The quantitative estimate of drug-likeness (QED) is 0.737. The third-order valence-corrected chi connectivity index (χ3v) is 4.98. The number of fused-ring (bicyclic) bond motifs is 1. The summed E-state index contributed by atoms with van der Waals surface area (Å²) in [6.45, 7) is 4.16. The molecule has 1 heterocycles. The lowest BCUT2D eigenvalue weighted by Gasteiger charge is -2.12. The van der Waals surface area contributed by atoms with Gasteiger partial charge in [-0.05, 0) is 80.4 Å². The van der Waals surface area contributed by atoms with E-state index in [-0.39, 0.29) is 5.91 Å². The Morgan fingerprint density at radius 1 is 1.14 bits per heavy atom. The van der Waals surface area contributed by atoms with Crippen molar-refractivity contribution in [2.75, 3.05) is 5.32 Å². The van der Waals surface area contributed by atoms with E-state index < -0.39 is 0 Å². The first-order valence-electron chi connectivity index (χ1n) is 8.18. The van der Waals surface area contributed by atoms with Crippen LogP contribution < -0.4 is 5.32 Å². The van der Waals surface area contributed by atoms with Crippen LogP contribution in [-0.2, 0) is 4.79 Å². The summed E-state index contributed by atoms with van der Waals surface area (Å²) in [5.74, 6) is 0.0365. The largest absolute Gasteiger partial charge is 0.321 e. The number of anilines is 1. The van der Waals surface area contributed by atoms with Crippen LogP contribution in [0, 0.1) is 13.8 Å². The van der Waals surface area contributed by atoms with Gasteiger partial charge in [0.1, 0.15) is 0 Å². The molecule has 0 bridgehead atoms. The minimum atomic E-state index is 0.0365. The van der Waals surface area contributed by atoms with Gasteiger partial charge in [0.25, 0.3) is 5.91 Å². The van der Waals surface area contributed by atoms with E-state index >= 15 is 0 Å². The minimum Gasteiger partial charge on any atom is -0.321 e. The molecule has 1 aliphatic heterocycles. The number of nitrogens with one attached hydrogen (secondary N) is 1. The second-order valence-electron chi connectivity index (χ2n) is 6.75. The highest BCUT2D eigenvalue weighted by Gasteiger charge is 2.27. The van der Waals surface area contributed by atoms with Gasteiger partial charge in [-0.2, -0.15) is 0 Å². The molecule has 1 N–H and O–H groups in total. The molecule has 3 aliphatic rings. The third kappa shape index (κ3) is 2.14. The molecule has 0 saturated heterocycles. The van der Waals surface area contributed by atoms with Crippen LogP contribution in [0.5, 0.6) is 0 Å². The first-order chi connectivity index (χ1) is 10.6. The highest BCUT2D eigenvalue weighted by Crippen LogP contribution is 2.40. The fourth-order valence-electron chi connectivity index (χ4n) is 4.03. The summed E-state index contributed by atoms with van der Waals surface area (Å²) in [4.78, 5) is 12.4. The highest BCUT2D eigenvalue weighted by molar-refractivity contribution is 6.32. The second-order valence-corrected chi connectivity index (χ2v) is 6.75. The number of amides is 1. The molecule has 0 aromatic heterocycles. The summed E-state index contributed by atoms with van der Waals surface area (Å²) in [6.07, 6.45) is 10.5. The highest BCUT2D eigenvalue weighted by atomic mass is 16.2. The lowest BCUT2D eigenvalue weighted by molar-refractivity contribution is -0.110. The minimum absolute atomic E-state index is 0.0365. The molecule has 1 aromatic rings. The number of carbonyl (C=O) groups excluding carboxylic acids is 1. The molecular formula is C20H21NO. The average Bonchev–Trinajstić information content (AvgIpc) is 3.00. The molecular weight excluding hydrogens is 270 g/mol. The standard InChI is InChI=1S/C20H21NO/c1-12-7-13(2)19-17(20(22)21-18(19)8-12)11-14-9-15-5-3-4-6-16(15)10-14/h7-9,11H,3-6,10H2,1-2H3,(H,21,22). The number of hydrogen-bond donors (Lipinski definition) is 1. The van der Waals surface area contributed by atoms with Gasteiger partial charge >= 0.3 is 0 Å². The van der Waals surface area contributed by atoms with Crippen molar-refractivity contribution >= 4 is 17.2 Å². The second kappa shape index (κ2) is 4.98. The number of carbonyl (C=O) groups is 1. The van der Waals surface area contributed by atoms with Crippen LogP contribution in [0.25, 0.3) is 5.57 Å². The Morgan fingerprint density at radius 2 is 1.95 bits per heavy atom. The molecule has 22 heavy (non-hydrogen) atoms. The maximum absolute atomic E-state index is 12.4. The maximum atomic E-state index is 12.4. The first kappa shape index (κ1) is 13.6. The zero-order valence-corrected chi connectivity index (χ0v) is 13.3. The van der Waals surface area contributed by atoms with Crippen LogP contribution in [0.2, 0.25) is 0 Å². The van der Waals surface area contributed by atoms with Gasteiger partial charge in [0.05, 0.1) is 0 Å². The van der Waals surface area contributed by atoms with E-state index in [1.165, 1.54) is 48.0 Å². The predicted molar refractivity (Wildman–Crippen MR) is 90.7 cm³/mol. The van der Waals surface area contributed by atoms with Crippen LogP contribution in [-0.4, -0.2) is 5.91 Å². The number of rotatable bonds is 1. The van der Waals surface area contributed by atoms with Crippen molar-refractivity contribution in [2.24, 2.45) is 0 Å². The zero-order chi connectivity index (χ0) is 15.3. The number of hydrogen-bond acceptors (Lipinski definition) is 1. The van der Waals surface area contributed by atoms with Crippen LogP contribution in [0.15, 0.2) is 41.0 Å². The summed E-state index contributed by atoms with van der Waals surface area (Å²) in [7, 11) is 0.